The molecule has 57 heavy (non-hydrogen) atoms. The Morgan fingerprint density at radius 2 is 0.877 bits per heavy atom. The van der Waals surface area contributed by atoms with Gasteiger partial charge in [-0.2, -0.15) is 0 Å². The lowest BCUT2D eigenvalue weighted by Crippen LogP contribution is -2.26. The molecule has 1 atom stereocenters. The second-order valence-electron chi connectivity index (χ2n) is 20.7. The highest BCUT2D eigenvalue weighted by atomic mass is 32.1. The van der Waals surface area contributed by atoms with E-state index in [1.54, 1.807) is 0 Å². The van der Waals surface area contributed by atoms with Crippen LogP contribution in [0.4, 0.5) is 34.1 Å². The fraction of sp³-hybridized carbons (Fsp3) is 0.346. The third-order valence-electron chi connectivity index (χ3n) is 12.2. The lowest BCUT2D eigenvalue weighted by Gasteiger charge is -2.38. The molecule has 2 aromatic heterocycles. The molecule has 1 radical (unpaired) electrons. The van der Waals surface area contributed by atoms with Crippen molar-refractivity contribution in [2.45, 2.75) is 117 Å². The van der Waals surface area contributed by atoms with Crippen molar-refractivity contribution in [3.63, 3.8) is 0 Å². The highest BCUT2D eigenvalue weighted by molar-refractivity contribution is 7.29. The van der Waals surface area contributed by atoms with Crippen molar-refractivity contribution in [1.82, 2.24) is 0 Å². The van der Waals surface area contributed by atoms with Gasteiger partial charge >= 0.3 is 0 Å². The maximum atomic E-state index is 2.62. The Bertz CT molecular complexity index is 2680. The summed E-state index contributed by atoms with van der Waals surface area (Å²) in [5.41, 5.74) is 15.8. The van der Waals surface area contributed by atoms with Gasteiger partial charge in [-0.3, -0.25) is 0 Å². The molecule has 1 unspecified atom stereocenters. The molecule has 2 nitrogen and oxygen atoms in total. The van der Waals surface area contributed by atoms with Crippen LogP contribution >= 0.6 is 22.7 Å². The van der Waals surface area contributed by atoms with Crippen LogP contribution < -0.4 is 14.6 Å². The van der Waals surface area contributed by atoms with Gasteiger partial charge in [0.05, 0.1) is 22.7 Å². The molecule has 0 fully saturated rings. The molecule has 0 saturated heterocycles. The SMILES string of the molecule is Cc1cc2c3c(c1)N(c1ccc(C(C)(C)C)cc1)c1c(sc4ccc(C(C)(C)C)cc14)C3[B]c1sc3ccc(C(C)(C)C)cc3c1N2c1ccc(C(C)(C)C)cc1. The van der Waals surface area contributed by atoms with Gasteiger partial charge in [0.1, 0.15) is 0 Å². The lowest BCUT2D eigenvalue weighted by atomic mass is 9.58. The molecular weight excluding hydrogens is 728 g/mol. The zero-order valence-corrected chi connectivity index (χ0v) is 37.7. The first-order valence-corrected chi connectivity index (χ1v) is 22.3. The molecule has 0 aliphatic carbocycles. The average Bonchev–Trinajstić information content (AvgIpc) is 3.64. The van der Waals surface area contributed by atoms with Crippen LogP contribution in [0.5, 0.6) is 0 Å². The predicted octanol–water partition coefficient (Wildman–Crippen LogP) is 15.3. The molecule has 0 N–H and O–H groups in total. The van der Waals surface area contributed by atoms with Crippen LogP contribution in [0.2, 0.25) is 0 Å². The summed E-state index contributed by atoms with van der Waals surface area (Å²) >= 11 is 3.92. The van der Waals surface area contributed by atoms with Gasteiger partial charge in [-0.15, -0.1) is 22.7 Å². The molecular formula is C52H56BN2S2. The zero-order valence-electron chi connectivity index (χ0n) is 36.1. The first kappa shape index (κ1) is 38.2. The molecule has 7 aromatic rings. The number of aryl methyl sites for hydroxylation is 1. The van der Waals surface area contributed by atoms with Gasteiger partial charge in [0, 0.05) is 47.8 Å². The fourth-order valence-electron chi connectivity index (χ4n) is 8.81. The molecule has 4 heterocycles. The Balaban J connectivity index is 1.39. The molecule has 2 aliphatic rings. The molecule has 9 rings (SSSR count). The van der Waals surface area contributed by atoms with E-state index < -0.39 is 0 Å². The van der Waals surface area contributed by atoms with Crippen LogP contribution in [0.1, 0.15) is 127 Å². The van der Waals surface area contributed by atoms with Crippen molar-refractivity contribution in [2.75, 3.05) is 9.80 Å². The number of benzene rings is 5. The highest BCUT2D eigenvalue weighted by Crippen LogP contribution is 2.60. The van der Waals surface area contributed by atoms with Crippen molar-refractivity contribution in [3.8, 4) is 0 Å². The molecule has 0 amide bonds. The normalized spacial score (nSPS) is 15.7. The van der Waals surface area contributed by atoms with Crippen molar-refractivity contribution in [1.29, 1.82) is 0 Å². The van der Waals surface area contributed by atoms with Gasteiger partial charge in [-0.05, 0) is 122 Å². The second kappa shape index (κ2) is 12.8. The Kier molecular flexibility index (Phi) is 8.61. The van der Waals surface area contributed by atoms with E-state index in [1.807, 2.05) is 22.7 Å². The summed E-state index contributed by atoms with van der Waals surface area (Å²) in [6.07, 6.45) is 0. The van der Waals surface area contributed by atoms with Crippen molar-refractivity contribution >= 4 is 89.0 Å². The van der Waals surface area contributed by atoms with E-state index in [2.05, 4.69) is 204 Å². The van der Waals surface area contributed by atoms with Crippen molar-refractivity contribution in [2.24, 2.45) is 0 Å². The molecule has 5 aromatic carbocycles. The third kappa shape index (κ3) is 6.36. The van der Waals surface area contributed by atoms with Gasteiger partial charge < -0.3 is 9.80 Å². The minimum Gasteiger partial charge on any atom is -0.309 e. The maximum Gasteiger partial charge on any atom is 0.184 e. The quantitative estimate of drug-likeness (QED) is 0.161. The van der Waals surface area contributed by atoms with Gasteiger partial charge in [0.25, 0.3) is 0 Å². The van der Waals surface area contributed by atoms with E-state index in [0.29, 0.717) is 0 Å². The maximum absolute atomic E-state index is 2.62. The van der Waals surface area contributed by atoms with Crippen LogP contribution in [-0.2, 0) is 21.7 Å². The lowest BCUT2D eigenvalue weighted by molar-refractivity contribution is 0.590. The van der Waals surface area contributed by atoms with Gasteiger partial charge in [-0.25, -0.2) is 0 Å². The van der Waals surface area contributed by atoms with Crippen LogP contribution in [-0.4, -0.2) is 7.28 Å². The molecule has 0 bridgehead atoms. The molecule has 5 heteroatoms. The summed E-state index contributed by atoms with van der Waals surface area (Å²) in [4.78, 5) is 6.64. The number of hydrogen-bond acceptors (Lipinski definition) is 4. The molecule has 2 aliphatic heterocycles. The van der Waals surface area contributed by atoms with E-state index >= 15 is 0 Å². The van der Waals surface area contributed by atoms with Crippen LogP contribution in [0.25, 0.3) is 20.2 Å². The monoisotopic (exact) mass is 783 g/mol. The summed E-state index contributed by atoms with van der Waals surface area (Å²) < 4.78 is 4.01. The fourth-order valence-corrected chi connectivity index (χ4v) is 11.2. The first-order chi connectivity index (χ1) is 26.7. The minimum absolute atomic E-state index is 0.0324. The number of rotatable bonds is 2. The topological polar surface area (TPSA) is 6.48 Å². The second-order valence-corrected chi connectivity index (χ2v) is 22.8. The predicted molar refractivity (Wildman–Crippen MR) is 253 cm³/mol. The van der Waals surface area contributed by atoms with Crippen molar-refractivity contribution in [3.05, 3.63) is 135 Å². The van der Waals surface area contributed by atoms with E-state index in [4.69, 9.17) is 0 Å². The van der Waals surface area contributed by atoms with E-state index in [-0.39, 0.29) is 27.5 Å². The Labute approximate surface area is 349 Å². The van der Waals surface area contributed by atoms with Crippen LogP contribution in [0.15, 0.2) is 97.1 Å². The van der Waals surface area contributed by atoms with E-state index in [0.717, 1.165) is 0 Å². The standard InChI is InChI=1S/C52H56BN2S2/c1-30-26-39-43-40(27-30)55(36-22-16-32(17-23-36)50(5,6)7)46-38-29-34(52(11,12)13)19-25-42(38)57-48(46)53-44(43)47-45(37-28-33(51(8,9)10)18-24-41(37)56-47)54(39)35-20-14-31(15-21-35)49(2,3)4/h14-29,44H,1-13H3. The average molecular weight is 784 g/mol. The zero-order chi connectivity index (χ0) is 40.6. The van der Waals surface area contributed by atoms with E-state index in [1.165, 1.54) is 97.3 Å². The largest absolute Gasteiger partial charge is 0.309 e. The Morgan fingerprint density at radius 3 is 1.33 bits per heavy atom. The Morgan fingerprint density at radius 1 is 0.474 bits per heavy atom. The minimum atomic E-state index is 0.0324. The number of hydrogen-bond donors (Lipinski definition) is 0. The van der Waals surface area contributed by atoms with Gasteiger partial charge in [0.15, 0.2) is 7.28 Å². The summed E-state index contributed by atoms with van der Waals surface area (Å²) in [5, 5.41) is 2.67. The summed E-state index contributed by atoms with van der Waals surface area (Å²) in [6, 6.07) is 38.2. The number of nitrogens with zero attached hydrogens (tertiary/aromatic N) is 2. The summed E-state index contributed by atoms with van der Waals surface area (Å²) in [6.45, 7) is 30.1. The number of anilines is 6. The highest BCUT2D eigenvalue weighted by Gasteiger charge is 2.42. The summed E-state index contributed by atoms with van der Waals surface area (Å²) in [7, 11) is 2.62. The number of thiophene rings is 2. The molecule has 0 spiro atoms. The van der Waals surface area contributed by atoms with Gasteiger partial charge in [-0.1, -0.05) is 119 Å². The first-order valence-electron chi connectivity index (χ1n) is 20.6. The van der Waals surface area contributed by atoms with Gasteiger partial charge in [0.2, 0.25) is 0 Å². The van der Waals surface area contributed by atoms with E-state index in [9.17, 15) is 0 Å². The Hall–Kier alpha value is -4.32. The third-order valence-corrected chi connectivity index (χ3v) is 14.6. The molecule has 289 valence electrons. The smallest absolute Gasteiger partial charge is 0.184 e. The van der Waals surface area contributed by atoms with Crippen LogP contribution in [0.3, 0.4) is 0 Å². The molecule has 0 saturated carbocycles. The summed E-state index contributed by atoms with van der Waals surface area (Å²) in [5.74, 6) is 0.0823. The number of fused-ring (bicyclic) bond motifs is 7. The van der Waals surface area contributed by atoms with Crippen LogP contribution in [0, 0.1) is 6.92 Å². The van der Waals surface area contributed by atoms with Crippen molar-refractivity contribution < 1.29 is 0 Å².